The summed E-state index contributed by atoms with van der Waals surface area (Å²) in [5.41, 5.74) is 2.77. The second-order valence-electron chi connectivity index (χ2n) is 5.41. The number of pyridine rings is 1. The highest BCUT2D eigenvalue weighted by Gasteiger charge is 2.06. The molecule has 1 heterocycles. The zero-order valence-electron chi connectivity index (χ0n) is 13.6. The van der Waals surface area contributed by atoms with Gasteiger partial charge < -0.3 is 14.6 Å². The highest BCUT2D eigenvalue weighted by Crippen LogP contribution is 2.17. The van der Waals surface area contributed by atoms with Gasteiger partial charge in [0.1, 0.15) is 5.75 Å². The molecule has 0 saturated heterocycles. The number of unbranched alkanes of at least 4 members (excludes halogenated alkanes) is 1. The van der Waals surface area contributed by atoms with E-state index in [-0.39, 0.29) is 5.43 Å². The topological polar surface area (TPSA) is 43.3 Å². The molecule has 0 fully saturated rings. The Balaban J connectivity index is 2.29. The molecule has 1 N–H and O–H groups in total. The Morgan fingerprint density at radius 2 is 2.09 bits per heavy atom. The van der Waals surface area contributed by atoms with Gasteiger partial charge in [0, 0.05) is 41.8 Å². The van der Waals surface area contributed by atoms with E-state index in [0.29, 0.717) is 6.54 Å². The number of aryl methyl sites for hydroxylation is 1. The van der Waals surface area contributed by atoms with Crippen LogP contribution in [0.4, 0.5) is 0 Å². The van der Waals surface area contributed by atoms with Crippen LogP contribution in [0.5, 0.6) is 5.75 Å². The fourth-order valence-corrected chi connectivity index (χ4v) is 2.37. The van der Waals surface area contributed by atoms with Crippen LogP contribution >= 0.6 is 0 Å². The van der Waals surface area contributed by atoms with E-state index >= 15 is 0 Å². The van der Waals surface area contributed by atoms with Crippen molar-refractivity contribution in [2.45, 2.75) is 33.2 Å². The van der Waals surface area contributed by atoms with Crippen molar-refractivity contribution in [3.05, 3.63) is 58.0 Å². The second-order valence-corrected chi connectivity index (χ2v) is 5.41. The number of hydrogen-bond acceptors (Lipinski definition) is 3. The maximum atomic E-state index is 12.1. The summed E-state index contributed by atoms with van der Waals surface area (Å²) >= 11 is 0. The number of nitrogens with one attached hydrogen (secondary N) is 1. The average Bonchev–Trinajstić information content (AvgIpc) is 2.53. The van der Waals surface area contributed by atoms with Crippen LogP contribution in [-0.2, 0) is 6.54 Å². The summed E-state index contributed by atoms with van der Waals surface area (Å²) in [6.07, 6.45) is 4.19. The minimum atomic E-state index is 0.0839. The lowest BCUT2D eigenvalue weighted by Gasteiger charge is -2.14. The smallest absolute Gasteiger partial charge is 0.186 e. The number of nitrogens with zero attached hydrogens (tertiary/aromatic N) is 1. The van der Waals surface area contributed by atoms with Crippen molar-refractivity contribution in [2.75, 3.05) is 13.7 Å². The van der Waals surface area contributed by atoms with Gasteiger partial charge in [0.15, 0.2) is 5.43 Å². The van der Waals surface area contributed by atoms with Crippen LogP contribution in [0, 0.1) is 6.92 Å². The van der Waals surface area contributed by atoms with E-state index in [4.69, 9.17) is 4.74 Å². The molecule has 0 atom stereocenters. The molecule has 1 aromatic heterocycles. The lowest BCUT2D eigenvalue weighted by atomic mass is 10.2. The van der Waals surface area contributed by atoms with Gasteiger partial charge in [-0.05, 0) is 32.0 Å². The Morgan fingerprint density at radius 1 is 1.27 bits per heavy atom. The van der Waals surface area contributed by atoms with Crippen molar-refractivity contribution >= 4 is 0 Å². The van der Waals surface area contributed by atoms with Crippen LogP contribution in [0.15, 0.2) is 41.3 Å². The summed E-state index contributed by atoms with van der Waals surface area (Å²) < 4.78 is 7.30. The normalized spacial score (nSPS) is 10.7. The summed E-state index contributed by atoms with van der Waals surface area (Å²) in [6.45, 7) is 5.63. The molecule has 118 valence electrons. The number of benzene rings is 1. The third-order valence-electron chi connectivity index (χ3n) is 3.68. The van der Waals surface area contributed by atoms with Crippen LogP contribution in [-0.4, -0.2) is 18.2 Å². The molecule has 2 rings (SSSR count). The van der Waals surface area contributed by atoms with Crippen molar-refractivity contribution < 1.29 is 4.74 Å². The van der Waals surface area contributed by atoms with E-state index in [0.717, 1.165) is 42.1 Å². The average molecular weight is 300 g/mol. The SMILES string of the molecule is CCCCNCc1cn(-c2cccc(OC)c2)c(C)cc1=O. The van der Waals surface area contributed by atoms with Gasteiger partial charge >= 0.3 is 0 Å². The molecule has 0 amide bonds. The first-order chi connectivity index (χ1) is 10.7. The minimum Gasteiger partial charge on any atom is -0.497 e. The molecule has 2 aromatic rings. The van der Waals surface area contributed by atoms with Gasteiger partial charge in [0.2, 0.25) is 0 Å². The van der Waals surface area contributed by atoms with Gasteiger partial charge in [0.05, 0.1) is 7.11 Å². The Morgan fingerprint density at radius 3 is 2.82 bits per heavy atom. The molecular formula is C18H24N2O2. The molecule has 4 heteroatoms. The van der Waals surface area contributed by atoms with Crippen LogP contribution in [0.2, 0.25) is 0 Å². The van der Waals surface area contributed by atoms with Crippen molar-refractivity contribution in [1.29, 1.82) is 0 Å². The lowest BCUT2D eigenvalue weighted by molar-refractivity contribution is 0.414. The van der Waals surface area contributed by atoms with Crippen LogP contribution in [0.25, 0.3) is 5.69 Å². The molecular weight excluding hydrogens is 276 g/mol. The van der Waals surface area contributed by atoms with Crippen LogP contribution < -0.4 is 15.5 Å². The third kappa shape index (κ3) is 3.98. The Labute approximate surface area is 131 Å². The molecule has 4 nitrogen and oxygen atoms in total. The first kappa shape index (κ1) is 16.3. The molecule has 0 aliphatic carbocycles. The minimum absolute atomic E-state index is 0.0839. The maximum absolute atomic E-state index is 12.1. The number of methoxy groups -OCH3 is 1. The predicted molar refractivity (Wildman–Crippen MR) is 89.9 cm³/mol. The number of ether oxygens (including phenoxy) is 1. The Hall–Kier alpha value is -2.07. The zero-order chi connectivity index (χ0) is 15.9. The highest BCUT2D eigenvalue weighted by molar-refractivity contribution is 5.41. The third-order valence-corrected chi connectivity index (χ3v) is 3.68. The Bertz CT molecular complexity index is 677. The van der Waals surface area contributed by atoms with Gasteiger partial charge in [-0.15, -0.1) is 0 Å². The van der Waals surface area contributed by atoms with E-state index in [9.17, 15) is 4.79 Å². The lowest BCUT2D eigenvalue weighted by Crippen LogP contribution is -2.22. The van der Waals surface area contributed by atoms with E-state index in [2.05, 4.69) is 12.2 Å². The van der Waals surface area contributed by atoms with Crippen molar-refractivity contribution in [2.24, 2.45) is 0 Å². The molecule has 0 aliphatic heterocycles. The standard InChI is InChI=1S/C18H24N2O2/c1-4-5-9-19-12-15-13-20(14(2)10-18(15)21)16-7-6-8-17(11-16)22-3/h6-8,10-11,13,19H,4-5,9,12H2,1-3H3. The van der Waals surface area contributed by atoms with Crippen molar-refractivity contribution in [1.82, 2.24) is 9.88 Å². The van der Waals surface area contributed by atoms with Crippen LogP contribution in [0.1, 0.15) is 31.0 Å². The molecule has 22 heavy (non-hydrogen) atoms. The molecule has 0 spiro atoms. The van der Waals surface area contributed by atoms with Crippen molar-refractivity contribution in [3.63, 3.8) is 0 Å². The molecule has 0 unspecified atom stereocenters. The van der Waals surface area contributed by atoms with E-state index in [1.807, 2.05) is 42.0 Å². The van der Waals surface area contributed by atoms with E-state index < -0.39 is 0 Å². The summed E-state index contributed by atoms with van der Waals surface area (Å²) in [5.74, 6) is 0.804. The summed E-state index contributed by atoms with van der Waals surface area (Å²) in [7, 11) is 1.65. The fraction of sp³-hybridized carbons (Fsp3) is 0.389. The Kier molecular flexibility index (Phi) is 5.78. The fourth-order valence-electron chi connectivity index (χ4n) is 2.37. The quantitative estimate of drug-likeness (QED) is 0.799. The molecule has 0 bridgehead atoms. The summed E-state index contributed by atoms with van der Waals surface area (Å²) in [6, 6.07) is 9.52. The van der Waals surface area contributed by atoms with E-state index in [1.165, 1.54) is 0 Å². The van der Waals surface area contributed by atoms with E-state index in [1.54, 1.807) is 13.2 Å². The molecule has 0 saturated carbocycles. The van der Waals surface area contributed by atoms with Crippen LogP contribution in [0.3, 0.4) is 0 Å². The molecule has 1 aromatic carbocycles. The van der Waals surface area contributed by atoms with Gasteiger partial charge in [0.25, 0.3) is 0 Å². The largest absolute Gasteiger partial charge is 0.497 e. The zero-order valence-corrected chi connectivity index (χ0v) is 13.6. The van der Waals surface area contributed by atoms with Gasteiger partial charge in [-0.25, -0.2) is 0 Å². The highest BCUT2D eigenvalue weighted by atomic mass is 16.5. The number of rotatable bonds is 7. The molecule has 0 aliphatic rings. The second kappa shape index (κ2) is 7.80. The van der Waals surface area contributed by atoms with Crippen molar-refractivity contribution in [3.8, 4) is 11.4 Å². The predicted octanol–water partition coefficient (Wildman–Crippen LogP) is 3.04. The monoisotopic (exact) mass is 300 g/mol. The molecule has 0 radical (unpaired) electrons. The maximum Gasteiger partial charge on any atom is 0.186 e. The number of hydrogen-bond donors (Lipinski definition) is 1. The van der Waals surface area contributed by atoms with Gasteiger partial charge in [-0.1, -0.05) is 19.4 Å². The van der Waals surface area contributed by atoms with Gasteiger partial charge in [-0.3, -0.25) is 4.79 Å². The van der Waals surface area contributed by atoms with Gasteiger partial charge in [-0.2, -0.15) is 0 Å². The number of aromatic nitrogens is 1. The first-order valence-corrected chi connectivity index (χ1v) is 7.73. The summed E-state index contributed by atoms with van der Waals surface area (Å²) in [4.78, 5) is 12.1. The summed E-state index contributed by atoms with van der Waals surface area (Å²) in [5, 5.41) is 3.33. The first-order valence-electron chi connectivity index (χ1n) is 7.73.